The first-order valence-corrected chi connectivity index (χ1v) is 7.33. The number of rotatable bonds is 4. The fourth-order valence-electron chi connectivity index (χ4n) is 2.52. The Bertz CT molecular complexity index is 560. The summed E-state index contributed by atoms with van der Waals surface area (Å²) in [6.07, 6.45) is 4.65. The highest BCUT2D eigenvalue weighted by Gasteiger charge is 2.26. The van der Waals surface area contributed by atoms with Gasteiger partial charge < -0.3 is 14.4 Å². The number of amides is 1. The van der Waals surface area contributed by atoms with Crippen molar-refractivity contribution in [2.45, 2.75) is 12.8 Å². The molecule has 0 bridgehead atoms. The topological polar surface area (TPSA) is 55.8 Å². The second-order valence-corrected chi connectivity index (χ2v) is 5.23. The maximum Gasteiger partial charge on any atom is 0.308 e. The number of hydrogen-bond donors (Lipinski definition) is 0. The van der Waals surface area contributed by atoms with Gasteiger partial charge in [0.2, 0.25) is 5.91 Å². The summed E-state index contributed by atoms with van der Waals surface area (Å²) in [4.78, 5) is 25.4. The van der Waals surface area contributed by atoms with E-state index in [0.29, 0.717) is 25.9 Å². The fraction of sp³-hybridized carbons (Fsp3) is 0.412. The lowest BCUT2D eigenvalue weighted by molar-refractivity contribution is -0.148. The summed E-state index contributed by atoms with van der Waals surface area (Å²) in [5.41, 5.74) is 0.914. The highest BCUT2D eigenvalue weighted by molar-refractivity contribution is 5.92. The molecule has 1 aromatic carbocycles. The Labute approximate surface area is 130 Å². The molecule has 1 aliphatic rings. The number of likely N-dealkylation sites (tertiary alicyclic amines) is 1. The van der Waals surface area contributed by atoms with Crippen LogP contribution in [0.5, 0.6) is 5.75 Å². The molecule has 1 aromatic rings. The van der Waals surface area contributed by atoms with Gasteiger partial charge >= 0.3 is 5.97 Å². The van der Waals surface area contributed by atoms with Crippen LogP contribution in [-0.4, -0.2) is 44.1 Å². The molecule has 118 valence electrons. The Morgan fingerprint density at radius 2 is 1.95 bits per heavy atom. The molecule has 0 spiro atoms. The predicted molar refractivity (Wildman–Crippen MR) is 83.3 cm³/mol. The number of benzene rings is 1. The van der Waals surface area contributed by atoms with Gasteiger partial charge in [-0.3, -0.25) is 9.59 Å². The molecule has 5 heteroatoms. The van der Waals surface area contributed by atoms with Gasteiger partial charge in [-0.1, -0.05) is 12.1 Å². The molecule has 0 saturated carbocycles. The molecule has 2 rings (SSSR count). The summed E-state index contributed by atoms with van der Waals surface area (Å²) in [6.45, 7) is 1.17. The second-order valence-electron chi connectivity index (χ2n) is 5.23. The lowest BCUT2D eigenvalue weighted by atomic mass is 9.97. The number of methoxy groups -OCH3 is 2. The van der Waals surface area contributed by atoms with Crippen LogP contribution in [0.25, 0.3) is 6.08 Å². The summed E-state index contributed by atoms with van der Waals surface area (Å²) in [7, 11) is 3.01. The predicted octanol–water partition coefficient (Wildman–Crippen LogP) is 2.12. The highest BCUT2D eigenvalue weighted by Crippen LogP contribution is 2.19. The highest BCUT2D eigenvalue weighted by atomic mass is 16.5. The van der Waals surface area contributed by atoms with Crippen LogP contribution in [-0.2, 0) is 14.3 Å². The van der Waals surface area contributed by atoms with E-state index in [4.69, 9.17) is 9.47 Å². The quantitative estimate of drug-likeness (QED) is 0.631. The maximum atomic E-state index is 12.2. The van der Waals surface area contributed by atoms with Crippen LogP contribution in [0, 0.1) is 5.92 Å². The lowest BCUT2D eigenvalue weighted by Gasteiger charge is -2.29. The van der Waals surface area contributed by atoms with Gasteiger partial charge in [0.05, 0.1) is 20.1 Å². The van der Waals surface area contributed by atoms with Crippen LogP contribution in [0.15, 0.2) is 30.3 Å². The third-order valence-corrected chi connectivity index (χ3v) is 3.85. The van der Waals surface area contributed by atoms with E-state index < -0.39 is 0 Å². The van der Waals surface area contributed by atoms with Crippen LogP contribution < -0.4 is 4.74 Å². The number of nitrogens with zero attached hydrogens (tertiary/aromatic N) is 1. The lowest BCUT2D eigenvalue weighted by Crippen LogP contribution is -2.39. The van der Waals surface area contributed by atoms with E-state index in [1.807, 2.05) is 24.3 Å². The van der Waals surface area contributed by atoms with Gasteiger partial charge in [0, 0.05) is 19.2 Å². The van der Waals surface area contributed by atoms with E-state index in [1.54, 1.807) is 24.2 Å². The molecular weight excluding hydrogens is 282 g/mol. The normalized spacial score (nSPS) is 15.8. The van der Waals surface area contributed by atoms with Crippen LogP contribution in [0.3, 0.4) is 0 Å². The Hall–Kier alpha value is -2.30. The average molecular weight is 303 g/mol. The van der Waals surface area contributed by atoms with Gasteiger partial charge in [-0.05, 0) is 36.6 Å². The molecule has 22 heavy (non-hydrogen) atoms. The van der Waals surface area contributed by atoms with Crippen molar-refractivity contribution in [2.24, 2.45) is 5.92 Å². The van der Waals surface area contributed by atoms with Crippen molar-refractivity contribution >= 4 is 18.0 Å². The molecule has 5 nitrogen and oxygen atoms in total. The molecule has 0 atom stereocenters. The van der Waals surface area contributed by atoms with Crippen molar-refractivity contribution in [3.05, 3.63) is 35.9 Å². The molecule has 0 N–H and O–H groups in total. The van der Waals surface area contributed by atoms with Crippen molar-refractivity contribution in [1.29, 1.82) is 0 Å². The zero-order valence-corrected chi connectivity index (χ0v) is 13.0. The Balaban J connectivity index is 1.90. The Morgan fingerprint density at radius 1 is 1.23 bits per heavy atom. The van der Waals surface area contributed by atoms with Crippen LogP contribution >= 0.6 is 0 Å². The third kappa shape index (κ3) is 4.10. The van der Waals surface area contributed by atoms with E-state index in [2.05, 4.69) is 0 Å². The van der Waals surface area contributed by atoms with E-state index in [0.717, 1.165) is 11.3 Å². The molecule has 1 heterocycles. The maximum absolute atomic E-state index is 12.2. The molecule has 0 radical (unpaired) electrons. The SMILES string of the molecule is COC(=O)C1CCN(C(=O)/C=C/c2cccc(OC)c2)CC1. The monoisotopic (exact) mass is 303 g/mol. The van der Waals surface area contributed by atoms with Crippen LogP contribution in [0.4, 0.5) is 0 Å². The Morgan fingerprint density at radius 3 is 2.59 bits per heavy atom. The van der Waals surface area contributed by atoms with E-state index in [9.17, 15) is 9.59 Å². The van der Waals surface area contributed by atoms with Crippen LogP contribution in [0.2, 0.25) is 0 Å². The smallest absolute Gasteiger partial charge is 0.308 e. The van der Waals surface area contributed by atoms with Crippen molar-refractivity contribution in [3.8, 4) is 5.75 Å². The molecule has 0 aromatic heterocycles. The number of carbonyl (C=O) groups excluding carboxylic acids is 2. The van der Waals surface area contributed by atoms with E-state index in [-0.39, 0.29) is 17.8 Å². The molecule has 0 unspecified atom stereocenters. The molecule has 1 amide bonds. The summed E-state index contributed by atoms with van der Waals surface area (Å²) in [6, 6.07) is 7.52. The molecular formula is C17H21NO4. The summed E-state index contributed by atoms with van der Waals surface area (Å²) < 4.78 is 9.89. The van der Waals surface area contributed by atoms with Crippen molar-refractivity contribution in [3.63, 3.8) is 0 Å². The zero-order valence-electron chi connectivity index (χ0n) is 13.0. The minimum atomic E-state index is -0.181. The van der Waals surface area contributed by atoms with Gasteiger partial charge in [-0.25, -0.2) is 0 Å². The van der Waals surface area contributed by atoms with Gasteiger partial charge in [0.25, 0.3) is 0 Å². The van der Waals surface area contributed by atoms with Crippen LogP contribution in [0.1, 0.15) is 18.4 Å². The zero-order chi connectivity index (χ0) is 15.9. The van der Waals surface area contributed by atoms with Gasteiger partial charge in [0.15, 0.2) is 0 Å². The summed E-state index contributed by atoms with van der Waals surface area (Å²) in [5, 5.41) is 0. The average Bonchev–Trinajstić information content (AvgIpc) is 2.59. The molecule has 1 saturated heterocycles. The number of ether oxygens (including phenoxy) is 2. The van der Waals surface area contributed by atoms with Crippen molar-refractivity contribution in [2.75, 3.05) is 27.3 Å². The Kier molecular flexibility index (Phi) is 5.58. The first kappa shape index (κ1) is 16.1. The standard InChI is InChI=1S/C17H21NO4/c1-21-15-5-3-4-13(12-15)6-7-16(19)18-10-8-14(9-11-18)17(20)22-2/h3-7,12,14H,8-11H2,1-2H3/b7-6+. The number of esters is 1. The second kappa shape index (κ2) is 7.64. The van der Waals surface area contributed by atoms with E-state index >= 15 is 0 Å². The minimum absolute atomic E-state index is 0.0360. The number of piperidine rings is 1. The first-order chi connectivity index (χ1) is 10.6. The largest absolute Gasteiger partial charge is 0.497 e. The summed E-state index contributed by atoms with van der Waals surface area (Å²) in [5.74, 6) is 0.454. The minimum Gasteiger partial charge on any atom is -0.497 e. The molecule has 1 fully saturated rings. The molecule has 0 aliphatic carbocycles. The number of hydrogen-bond acceptors (Lipinski definition) is 4. The first-order valence-electron chi connectivity index (χ1n) is 7.33. The fourth-order valence-corrected chi connectivity index (χ4v) is 2.52. The van der Waals surface area contributed by atoms with Gasteiger partial charge in [0.1, 0.15) is 5.75 Å². The van der Waals surface area contributed by atoms with Gasteiger partial charge in [-0.2, -0.15) is 0 Å². The van der Waals surface area contributed by atoms with E-state index in [1.165, 1.54) is 7.11 Å². The third-order valence-electron chi connectivity index (χ3n) is 3.85. The number of carbonyl (C=O) groups is 2. The van der Waals surface area contributed by atoms with Crippen molar-refractivity contribution in [1.82, 2.24) is 4.90 Å². The van der Waals surface area contributed by atoms with Gasteiger partial charge in [-0.15, -0.1) is 0 Å². The summed E-state index contributed by atoms with van der Waals surface area (Å²) >= 11 is 0. The van der Waals surface area contributed by atoms with Crippen molar-refractivity contribution < 1.29 is 19.1 Å². The molecule has 1 aliphatic heterocycles.